The zero-order valence-corrected chi connectivity index (χ0v) is 16.2. The highest BCUT2D eigenvalue weighted by atomic mass is 16.5. The highest BCUT2D eigenvalue weighted by Crippen LogP contribution is 2.33. The molecule has 3 heterocycles. The maximum Gasteiger partial charge on any atom is 0.339 e. The second-order valence-electron chi connectivity index (χ2n) is 7.23. The van der Waals surface area contributed by atoms with E-state index in [0.29, 0.717) is 25.3 Å². The highest BCUT2D eigenvalue weighted by Gasteiger charge is 2.27. The van der Waals surface area contributed by atoms with Crippen molar-refractivity contribution in [2.45, 2.75) is 13.0 Å². The van der Waals surface area contributed by atoms with Crippen LogP contribution in [0.25, 0.3) is 22.4 Å². The fourth-order valence-corrected chi connectivity index (χ4v) is 3.88. The Morgan fingerprint density at radius 2 is 1.67 bits per heavy atom. The third-order valence-electron chi connectivity index (χ3n) is 5.41. The van der Waals surface area contributed by atoms with Crippen LogP contribution in [0.1, 0.15) is 21.7 Å². The van der Waals surface area contributed by atoms with E-state index in [0.717, 1.165) is 33.7 Å². The summed E-state index contributed by atoms with van der Waals surface area (Å²) in [6.45, 7) is 1.14. The number of pyridine rings is 1. The molecule has 1 aliphatic heterocycles. The summed E-state index contributed by atoms with van der Waals surface area (Å²) in [5.41, 5.74) is 5.25. The van der Waals surface area contributed by atoms with Crippen LogP contribution in [0.3, 0.4) is 0 Å². The highest BCUT2D eigenvalue weighted by molar-refractivity contribution is 5.93. The molecule has 0 fully saturated rings. The SMILES string of the molecule is O=C(O)c1cccnc1N1CCc2onc(-c3ccc(-c4ccccc4)cc3)c2C1. The molecule has 0 bridgehead atoms. The number of aromatic nitrogens is 2. The van der Waals surface area contributed by atoms with Crippen molar-refractivity contribution in [1.82, 2.24) is 10.1 Å². The minimum Gasteiger partial charge on any atom is -0.478 e. The zero-order chi connectivity index (χ0) is 20.5. The van der Waals surface area contributed by atoms with Crippen LogP contribution in [0.5, 0.6) is 0 Å². The molecule has 0 unspecified atom stereocenters. The Balaban J connectivity index is 1.46. The molecule has 2 aromatic carbocycles. The molecule has 4 aromatic rings. The average Bonchev–Trinajstić information content (AvgIpc) is 3.23. The maximum absolute atomic E-state index is 11.6. The van der Waals surface area contributed by atoms with Crippen LogP contribution in [-0.4, -0.2) is 27.8 Å². The van der Waals surface area contributed by atoms with Gasteiger partial charge in [-0.2, -0.15) is 0 Å². The number of carboxylic acids is 1. The molecule has 0 spiro atoms. The Labute approximate surface area is 173 Å². The van der Waals surface area contributed by atoms with Gasteiger partial charge in [0.2, 0.25) is 0 Å². The van der Waals surface area contributed by atoms with E-state index < -0.39 is 5.97 Å². The van der Waals surface area contributed by atoms with Crippen LogP contribution in [0.2, 0.25) is 0 Å². The molecule has 0 radical (unpaired) electrons. The lowest BCUT2D eigenvalue weighted by molar-refractivity contribution is 0.0697. The van der Waals surface area contributed by atoms with Crippen LogP contribution in [0.15, 0.2) is 77.4 Å². The maximum atomic E-state index is 11.6. The van der Waals surface area contributed by atoms with Gasteiger partial charge in [-0.1, -0.05) is 59.8 Å². The summed E-state index contributed by atoms with van der Waals surface area (Å²) < 4.78 is 5.60. The largest absolute Gasteiger partial charge is 0.478 e. The van der Waals surface area contributed by atoms with E-state index >= 15 is 0 Å². The molecule has 6 nitrogen and oxygen atoms in total. The number of aromatic carboxylic acids is 1. The quantitative estimate of drug-likeness (QED) is 0.539. The van der Waals surface area contributed by atoms with Crippen molar-refractivity contribution >= 4 is 11.8 Å². The van der Waals surface area contributed by atoms with Gasteiger partial charge in [-0.25, -0.2) is 9.78 Å². The van der Waals surface area contributed by atoms with E-state index in [9.17, 15) is 9.90 Å². The fourth-order valence-electron chi connectivity index (χ4n) is 3.88. The van der Waals surface area contributed by atoms with E-state index in [1.165, 1.54) is 0 Å². The Bertz CT molecular complexity index is 1200. The molecule has 5 rings (SSSR count). The first-order valence-electron chi connectivity index (χ1n) is 9.77. The van der Waals surface area contributed by atoms with Crippen molar-refractivity contribution in [3.05, 3.63) is 89.8 Å². The van der Waals surface area contributed by atoms with Crippen LogP contribution in [0, 0.1) is 0 Å². The van der Waals surface area contributed by atoms with Gasteiger partial charge in [0.25, 0.3) is 0 Å². The van der Waals surface area contributed by atoms with Gasteiger partial charge >= 0.3 is 5.97 Å². The molecular weight excluding hydrogens is 378 g/mol. The Hall–Kier alpha value is -3.93. The van der Waals surface area contributed by atoms with E-state index in [4.69, 9.17) is 4.52 Å². The first-order chi connectivity index (χ1) is 14.7. The molecule has 0 saturated heterocycles. The summed E-state index contributed by atoms with van der Waals surface area (Å²) in [7, 11) is 0. The summed E-state index contributed by atoms with van der Waals surface area (Å²) in [5.74, 6) is 0.342. The van der Waals surface area contributed by atoms with Crippen LogP contribution < -0.4 is 4.90 Å². The molecule has 0 saturated carbocycles. The summed E-state index contributed by atoms with van der Waals surface area (Å²) in [4.78, 5) is 17.9. The number of rotatable bonds is 4. The number of anilines is 1. The van der Waals surface area contributed by atoms with E-state index in [1.54, 1.807) is 18.3 Å². The second-order valence-corrected chi connectivity index (χ2v) is 7.23. The van der Waals surface area contributed by atoms with Crippen molar-refractivity contribution < 1.29 is 14.4 Å². The van der Waals surface area contributed by atoms with E-state index in [1.807, 2.05) is 35.2 Å². The average molecular weight is 397 g/mol. The van der Waals surface area contributed by atoms with Crippen molar-refractivity contribution in [3.63, 3.8) is 0 Å². The Morgan fingerprint density at radius 3 is 2.43 bits per heavy atom. The van der Waals surface area contributed by atoms with Crippen LogP contribution in [-0.2, 0) is 13.0 Å². The number of hydrogen-bond acceptors (Lipinski definition) is 5. The van der Waals surface area contributed by atoms with Gasteiger partial charge in [0.05, 0.1) is 6.54 Å². The van der Waals surface area contributed by atoms with E-state index in [2.05, 4.69) is 34.4 Å². The molecule has 148 valence electrons. The van der Waals surface area contributed by atoms with Gasteiger partial charge in [0, 0.05) is 30.3 Å². The van der Waals surface area contributed by atoms with Crippen molar-refractivity contribution in [3.8, 4) is 22.4 Å². The summed E-state index contributed by atoms with van der Waals surface area (Å²) in [6, 6.07) is 21.7. The predicted molar refractivity (Wildman–Crippen MR) is 113 cm³/mol. The molecule has 2 aromatic heterocycles. The number of nitrogens with zero attached hydrogens (tertiary/aromatic N) is 3. The summed E-state index contributed by atoms with van der Waals surface area (Å²) in [6.07, 6.45) is 2.27. The third-order valence-corrected chi connectivity index (χ3v) is 5.41. The summed E-state index contributed by atoms with van der Waals surface area (Å²) in [5, 5.41) is 13.8. The van der Waals surface area contributed by atoms with Gasteiger partial charge < -0.3 is 14.5 Å². The summed E-state index contributed by atoms with van der Waals surface area (Å²) >= 11 is 0. The van der Waals surface area contributed by atoms with E-state index in [-0.39, 0.29) is 5.56 Å². The first kappa shape index (κ1) is 18.1. The van der Waals surface area contributed by atoms with Gasteiger partial charge in [-0.05, 0) is 23.3 Å². The number of hydrogen-bond donors (Lipinski definition) is 1. The van der Waals surface area contributed by atoms with Crippen molar-refractivity contribution in [2.24, 2.45) is 0 Å². The molecule has 0 amide bonds. The second kappa shape index (κ2) is 7.48. The molecular formula is C24H19N3O3. The Kier molecular flexibility index (Phi) is 4.52. The molecule has 30 heavy (non-hydrogen) atoms. The zero-order valence-electron chi connectivity index (χ0n) is 16.2. The van der Waals surface area contributed by atoms with Gasteiger partial charge in [-0.3, -0.25) is 0 Å². The van der Waals surface area contributed by atoms with Crippen LogP contribution in [0.4, 0.5) is 5.82 Å². The minimum atomic E-state index is -0.981. The molecule has 1 N–H and O–H groups in total. The Morgan fingerprint density at radius 1 is 0.933 bits per heavy atom. The van der Waals surface area contributed by atoms with Crippen molar-refractivity contribution in [2.75, 3.05) is 11.4 Å². The number of carbonyl (C=O) groups is 1. The fraction of sp³-hybridized carbons (Fsp3) is 0.125. The van der Waals surface area contributed by atoms with Crippen molar-refractivity contribution in [1.29, 1.82) is 0 Å². The van der Waals surface area contributed by atoms with Crippen LogP contribution >= 0.6 is 0 Å². The topological polar surface area (TPSA) is 79.5 Å². The molecule has 0 aliphatic carbocycles. The lowest BCUT2D eigenvalue weighted by Crippen LogP contribution is -2.32. The minimum absolute atomic E-state index is 0.200. The number of fused-ring (bicyclic) bond motifs is 1. The lowest BCUT2D eigenvalue weighted by Gasteiger charge is -2.28. The van der Waals surface area contributed by atoms with Gasteiger partial charge in [0.15, 0.2) is 0 Å². The van der Waals surface area contributed by atoms with Gasteiger partial charge in [0.1, 0.15) is 22.8 Å². The molecule has 0 atom stereocenters. The normalized spacial score (nSPS) is 13.1. The smallest absolute Gasteiger partial charge is 0.339 e. The standard InChI is InChI=1S/C24H19N3O3/c28-24(29)19-7-4-13-25-23(19)27-14-12-21-20(15-27)22(26-30-21)18-10-8-17(9-11-18)16-5-2-1-3-6-16/h1-11,13H,12,14-15H2,(H,28,29). The molecule has 6 heteroatoms. The monoisotopic (exact) mass is 397 g/mol. The lowest BCUT2D eigenvalue weighted by atomic mass is 9.98. The third kappa shape index (κ3) is 3.22. The first-order valence-corrected chi connectivity index (χ1v) is 9.77. The predicted octanol–water partition coefficient (Wildman–Crippen LogP) is 4.66. The van der Waals surface area contributed by atoms with Gasteiger partial charge in [-0.15, -0.1) is 0 Å². The number of carboxylic acid groups (broad SMARTS) is 1. The molecule has 1 aliphatic rings. The number of benzene rings is 2.